The molecular weight excluding hydrogens is 390 g/mol. The lowest BCUT2D eigenvalue weighted by Crippen LogP contribution is -2.20. The lowest BCUT2D eigenvalue weighted by atomic mass is 10.0. The zero-order valence-corrected chi connectivity index (χ0v) is 16.0. The van der Waals surface area contributed by atoms with Crippen molar-refractivity contribution in [3.05, 3.63) is 34.8 Å². The molecule has 2 aliphatic rings. The Bertz CT molecular complexity index is 1070. The molecule has 28 heavy (non-hydrogen) atoms. The third-order valence-corrected chi connectivity index (χ3v) is 6.44. The standard InChI is InChI=1S/C17H20F2N6O2S/c1-9-5-6-11-14(9)21-12-4-2-3-10(12)15(11)22-17(26)24-28(20,27)13-7-8-25(23-13)16(18)19/h7-9,16H,2-6H2,1H3,(H3,20,21,22,24,26,27). The molecule has 2 aliphatic carbocycles. The first-order valence-corrected chi connectivity index (χ1v) is 10.6. The van der Waals surface area contributed by atoms with Crippen molar-refractivity contribution in [1.29, 1.82) is 0 Å². The number of nitrogens with two attached hydrogens (primary N) is 1. The minimum absolute atomic E-state index is 0.305. The van der Waals surface area contributed by atoms with Gasteiger partial charge in [-0.25, -0.2) is 18.8 Å². The van der Waals surface area contributed by atoms with Crippen molar-refractivity contribution in [2.24, 2.45) is 9.50 Å². The third kappa shape index (κ3) is 3.28. The molecule has 2 aromatic heterocycles. The largest absolute Gasteiger partial charge is 0.354 e. The van der Waals surface area contributed by atoms with Gasteiger partial charge < -0.3 is 5.32 Å². The summed E-state index contributed by atoms with van der Waals surface area (Å²) in [5.41, 5.74) is 4.63. The van der Waals surface area contributed by atoms with Crippen molar-refractivity contribution >= 4 is 21.6 Å². The lowest BCUT2D eigenvalue weighted by molar-refractivity contribution is 0.0554. The van der Waals surface area contributed by atoms with Crippen LogP contribution in [0.4, 0.5) is 19.3 Å². The van der Waals surface area contributed by atoms with Crippen LogP contribution < -0.4 is 10.5 Å². The number of amides is 2. The van der Waals surface area contributed by atoms with Gasteiger partial charge in [-0.05, 0) is 55.2 Å². The van der Waals surface area contributed by atoms with Crippen LogP contribution in [-0.4, -0.2) is 25.0 Å². The summed E-state index contributed by atoms with van der Waals surface area (Å²) in [6.07, 6.45) is 5.29. The van der Waals surface area contributed by atoms with Gasteiger partial charge >= 0.3 is 12.6 Å². The number of fused-ring (bicyclic) bond motifs is 2. The maximum absolute atomic E-state index is 12.7. The molecule has 11 heteroatoms. The molecule has 0 aromatic carbocycles. The highest BCUT2D eigenvalue weighted by molar-refractivity contribution is 7.91. The molecule has 0 saturated carbocycles. The van der Waals surface area contributed by atoms with E-state index in [1.807, 2.05) is 0 Å². The summed E-state index contributed by atoms with van der Waals surface area (Å²) in [4.78, 5) is 17.3. The van der Waals surface area contributed by atoms with E-state index in [0.717, 1.165) is 66.9 Å². The number of nitrogens with one attached hydrogen (secondary N) is 1. The van der Waals surface area contributed by atoms with Gasteiger partial charge in [-0.1, -0.05) is 6.92 Å². The molecular formula is C17H20F2N6O2S. The first kappa shape index (κ1) is 18.9. The number of alkyl halides is 2. The monoisotopic (exact) mass is 410 g/mol. The maximum Gasteiger partial charge on any atom is 0.354 e. The molecule has 3 N–H and O–H groups in total. The predicted molar refractivity (Wildman–Crippen MR) is 98.5 cm³/mol. The molecule has 2 amide bonds. The van der Waals surface area contributed by atoms with Gasteiger partial charge in [0.1, 0.15) is 0 Å². The van der Waals surface area contributed by atoms with Crippen LogP contribution in [0, 0.1) is 0 Å². The summed E-state index contributed by atoms with van der Waals surface area (Å²) in [5.74, 6) is 0.311. The number of rotatable bonds is 3. The van der Waals surface area contributed by atoms with Gasteiger partial charge in [0.25, 0.3) is 0 Å². The number of hydrogen-bond donors (Lipinski definition) is 2. The fourth-order valence-electron chi connectivity index (χ4n) is 3.84. The van der Waals surface area contributed by atoms with Crippen molar-refractivity contribution in [1.82, 2.24) is 14.8 Å². The Morgan fingerprint density at radius 1 is 1.39 bits per heavy atom. The smallest absolute Gasteiger partial charge is 0.305 e. The van der Waals surface area contributed by atoms with Gasteiger partial charge in [0.05, 0.1) is 5.69 Å². The van der Waals surface area contributed by atoms with E-state index in [1.54, 1.807) is 0 Å². The van der Waals surface area contributed by atoms with E-state index in [4.69, 9.17) is 10.1 Å². The Kier molecular flexibility index (Phi) is 4.66. The van der Waals surface area contributed by atoms with Gasteiger partial charge in [0, 0.05) is 17.6 Å². The molecule has 8 nitrogen and oxygen atoms in total. The van der Waals surface area contributed by atoms with Crippen LogP contribution in [0.3, 0.4) is 0 Å². The molecule has 0 spiro atoms. The number of pyridine rings is 1. The van der Waals surface area contributed by atoms with Gasteiger partial charge in [0.2, 0.25) is 0 Å². The highest BCUT2D eigenvalue weighted by atomic mass is 32.2. The number of carbonyl (C=O) groups excluding carboxylic acids is 1. The summed E-state index contributed by atoms with van der Waals surface area (Å²) in [6, 6.07) is 0.176. The Morgan fingerprint density at radius 3 is 2.89 bits per heavy atom. The molecule has 0 fully saturated rings. The van der Waals surface area contributed by atoms with Crippen LogP contribution in [-0.2, 0) is 29.2 Å². The Labute approximate surface area is 160 Å². The van der Waals surface area contributed by atoms with Crippen LogP contribution >= 0.6 is 0 Å². The van der Waals surface area contributed by atoms with Gasteiger partial charge in [-0.2, -0.15) is 13.9 Å². The van der Waals surface area contributed by atoms with Crippen LogP contribution in [0.25, 0.3) is 0 Å². The summed E-state index contributed by atoms with van der Waals surface area (Å²) in [6.45, 7) is -0.802. The zero-order chi connectivity index (χ0) is 20.1. The van der Waals surface area contributed by atoms with E-state index >= 15 is 0 Å². The Hall–Kier alpha value is -2.40. The highest BCUT2D eigenvalue weighted by Crippen LogP contribution is 2.41. The molecule has 0 radical (unpaired) electrons. The third-order valence-electron chi connectivity index (χ3n) is 5.18. The van der Waals surface area contributed by atoms with Crippen molar-refractivity contribution in [3.63, 3.8) is 0 Å². The maximum atomic E-state index is 12.7. The summed E-state index contributed by atoms with van der Waals surface area (Å²) in [7, 11) is -3.75. The van der Waals surface area contributed by atoms with Gasteiger partial charge in [0.15, 0.2) is 14.9 Å². The number of carbonyl (C=O) groups is 1. The molecule has 2 unspecified atom stereocenters. The van der Waals surface area contributed by atoms with E-state index < -0.39 is 22.5 Å². The number of aromatic nitrogens is 3. The normalized spacial score (nSPS) is 20.0. The van der Waals surface area contributed by atoms with E-state index in [2.05, 4.69) is 21.7 Å². The SMILES string of the molecule is CC1CCc2c1nc1c(c2NC(=O)N=S(N)(=O)c2ccn(C(F)F)n2)CCC1. The average molecular weight is 410 g/mol. The molecule has 0 saturated heterocycles. The summed E-state index contributed by atoms with van der Waals surface area (Å²) < 4.78 is 41.7. The fourth-order valence-corrected chi connectivity index (χ4v) is 4.69. The summed E-state index contributed by atoms with van der Waals surface area (Å²) in [5, 5.41) is 11.4. The fraction of sp³-hybridized carbons (Fsp3) is 0.471. The zero-order valence-electron chi connectivity index (χ0n) is 15.2. The second kappa shape index (κ2) is 6.89. The van der Waals surface area contributed by atoms with E-state index in [9.17, 15) is 17.8 Å². The molecule has 0 bridgehead atoms. The first-order valence-electron chi connectivity index (χ1n) is 9.00. The topological polar surface area (TPSA) is 115 Å². The number of anilines is 1. The molecule has 2 aromatic rings. The Morgan fingerprint density at radius 2 is 2.18 bits per heavy atom. The van der Waals surface area contributed by atoms with Crippen molar-refractivity contribution < 1.29 is 17.8 Å². The van der Waals surface area contributed by atoms with Crippen LogP contribution in [0.15, 0.2) is 21.7 Å². The quantitative estimate of drug-likeness (QED) is 0.809. The molecule has 2 heterocycles. The molecule has 0 aliphatic heterocycles. The van der Waals surface area contributed by atoms with Crippen LogP contribution in [0.2, 0.25) is 0 Å². The number of urea groups is 1. The van der Waals surface area contributed by atoms with Crippen molar-refractivity contribution in [2.75, 3.05) is 5.32 Å². The molecule has 2 atom stereocenters. The number of halogens is 2. The van der Waals surface area contributed by atoms with Gasteiger partial charge in [-0.3, -0.25) is 4.98 Å². The van der Waals surface area contributed by atoms with Crippen LogP contribution in [0.1, 0.15) is 54.7 Å². The second-order valence-electron chi connectivity index (χ2n) is 7.07. The Balaban J connectivity index is 1.67. The second-order valence-corrected chi connectivity index (χ2v) is 8.81. The molecule has 4 rings (SSSR count). The van der Waals surface area contributed by atoms with E-state index in [-0.39, 0.29) is 5.03 Å². The minimum Gasteiger partial charge on any atom is -0.305 e. The average Bonchev–Trinajstić information content (AvgIpc) is 3.34. The lowest BCUT2D eigenvalue weighted by Gasteiger charge is -2.15. The molecule has 150 valence electrons. The highest BCUT2D eigenvalue weighted by Gasteiger charge is 2.30. The summed E-state index contributed by atoms with van der Waals surface area (Å²) >= 11 is 0. The van der Waals surface area contributed by atoms with E-state index in [1.165, 1.54) is 0 Å². The number of nitrogens with zero attached hydrogens (tertiary/aromatic N) is 4. The predicted octanol–water partition coefficient (Wildman–Crippen LogP) is 3.14. The number of hydrogen-bond acceptors (Lipinski definition) is 4. The van der Waals surface area contributed by atoms with Crippen molar-refractivity contribution in [2.45, 2.75) is 56.5 Å². The van der Waals surface area contributed by atoms with Gasteiger partial charge in [-0.15, -0.1) is 4.36 Å². The van der Waals surface area contributed by atoms with E-state index in [0.29, 0.717) is 16.3 Å². The first-order chi connectivity index (χ1) is 13.3. The van der Waals surface area contributed by atoms with Crippen molar-refractivity contribution in [3.8, 4) is 0 Å². The number of aryl methyl sites for hydroxylation is 1. The van der Waals surface area contributed by atoms with Crippen LogP contribution in [0.5, 0.6) is 0 Å². The minimum atomic E-state index is -3.75.